The van der Waals surface area contributed by atoms with E-state index in [1.165, 1.54) is 11.1 Å². The van der Waals surface area contributed by atoms with Crippen LogP contribution in [0.5, 0.6) is 0 Å². The van der Waals surface area contributed by atoms with E-state index >= 15 is 0 Å². The molecule has 0 saturated carbocycles. The number of aryl methyl sites for hydroxylation is 2. The molecule has 2 rings (SSSR count). The second kappa shape index (κ2) is 5.68. The smallest absolute Gasteiger partial charge is 0.0830 e. The van der Waals surface area contributed by atoms with Crippen molar-refractivity contribution in [1.29, 1.82) is 0 Å². The lowest BCUT2D eigenvalue weighted by molar-refractivity contribution is 0.178. The minimum absolute atomic E-state index is 0.446. The van der Waals surface area contributed by atoms with Crippen LogP contribution in [0.15, 0.2) is 46.9 Å². The Labute approximate surface area is 117 Å². The van der Waals surface area contributed by atoms with Crippen molar-refractivity contribution < 1.29 is 5.11 Å². The highest BCUT2D eigenvalue weighted by atomic mass is 79.9. The molecule has 94 valence electrons. The van der Waals surface area contributed by atoms with Crippen LogP contribution in [0.25, 0.3) is 0 Å². The number of aliphatic hydroxyl groups excluding tert-OH is 1. The maximum Gasteiger partial charge on any atom is 0.0830 e. The molecule has 0 aliphatic rings. The van der Waals surface area contributed by atoms with Gasteiger partial charge in [0, 0.05) is 10.9 Å². The van der Waals surface area contributed by atoms with Crippen molar-refractivity contribution in [2.75, 3.05) is 0 Å². The molecule has 1 N–H and O–H groups in total. The fourth-order valence-electron chi connectivity index (χ4n) is 2.06. The Morgan fingerprint density at radius 2 is 1.89 bits per heavy atom. The minimum atomic E-state index is -0.446. The number of hydrogen-bond acceptors (Lipinski definition) is 1. The Kier molecular flexibility index (Phi) is 4.20. The zero-order chi connectivity index (χ0) is 13.1. The molecule has 18 heavy (non-hydrogen) atoms. The van der Waals surface area contributed by atoms with Crippen molar-refractivity contribution in [2.45, 2.75) is 26.4 Å². The van der Waals surface area contributed by atoms with Gasteiger partial charge in [0.1, 0.15) is 0 Å². The minimum Gasteiger partial charge on any atom is -0.388 e. The lowest BCUT2D eigenvalue weighted by Crippen LogP contribution is -2.02. The normalized spacial score (nSPS) is 12.4. The van der Waals surface area contributed by atoms with Gasteiger partial charge < -0.3 is 5.11 Å². The standard InChI is InChI=1S/C16H17BrO/c1-11-4-3-5-13(8-11)10-16(18)14-6-7-15(17)12(2)9-14/h3-9,16,18H,10H2,1-2H3. The molecular formula is C16H17BrO. The lowest BCUT2D eigenvalue weighted by atomic mass is 9.99. The predicted molar refractivity (Wildman–Crippen MR) is 78.7 cm³/mol. The molecule has 0 bridgehead atoms. The quantitative estimate of drug-likeness (QED) is 0.894. The van der Waals surface area contributed by atoms with Gasteiger partial charge in [-0.2, -0.15) is 0 Å². The van der Waals surface area contributed by atoms with Crippen molar-refractivity contribution in [3.05, 3.63) is 69.2 Å². The van der Waals surface area contributed by atoms with Gasteiger partial charge in [0.15, 0.2) is 0 Å². The van der Waals surface area contributed by atoms with Crippen LogP contribution in [0.2, 0.25) is 0 Å². The summed E-state index contributed by atoms with van der Waals surface area (Å²) in [5.74, 6) is 0. The largest absolute Gasteiger partial charge is 0.388 e. The molecule has 0 spiro atoms. The predicted octanol–water partition coefficient (Wildman–Crippen LogP) is 4.34. The zero-order valence-corrected chi connectivity index (χ0v) is 12.2. The van der Waals surface area contributed by atoms with Gasteiger partial charge in [0.2, 0.25) is 0 Å². The molecule has 0 aliphatic heterocycles. The third kappa shape index (κ3) is 3.21. The molecule has 1 nitrogen and oxygen atoms in total. The van der Waals surface area contributed by atoms with Crippen LogP contribution in [0.4, 0.5) is 0 Å². The summed E-state index contributed by atoms with van der Waals surface area (Å²) in [5.41, 5.74) is 4.52. The summed E-state index contributed by atoms with van der Waals surface area (Å²) in [4.78, 5) is 0. The molecule has 2 aromatic carbocycles. The summed E-state index contributed by atoms with van der Waals surface area (Å²) in [6.45, 7) is 4.10. The third-order valence-electron chi connectivity index (χ3n) is 3.08. The van der Waals surface area contributed by atoms with Crippen LogP contribution in [-0.2, 0) is 6.42 Å². The van der Waals surface area contributed by atoms with Crippen LogP contribution < -0.4 is 0 Å². The maximum atomic E-state index is 10.3. The molecule has 0 saturated heterocycles. The van der Waals surface area contributed by atoms with Gasteiger partial charge in [-0.25, -0.2) is 0 Å². The van der Waals surface area contributed by atoms with Gasteiger partial charge in [-0.3, -0.25) is 0 Å². The Bertz CT molecular complexity index is 549. The lowest BCUT2D eigenvalue weighted by Gasteiger charge is -2.13. The second-order valence-corrected chi connectivity index (χ2v) is 5.57. The molecule has 2 heteroatoms. The molecule has 0 heterocycles. The summed E-state index contributed by atoms with van der Waals surface area (Å²) in [7, 11) is 0. The Hall–Kier alpha value is -1.12. The van der Waals surface area contributed by atoms with Crippen LogP contribution >= 0.6 is 15.9 Å². The van der Waals surface area contributed by atoms with E-state index in [9.17, 15) is 5.11 Å². The number of benzene rings is 2. The zero-order valence-electron chi connectivity index (χ0n) is 10.7. The van der Waals surface area contributed by atoms with Crippen LogP contribution in [0.1, 0.15) is 28.4 Å². The highest BCUT2D eigenvalue weighted by Gasteiger charge is 2.09. The molecule has 2 aromatic rings. The van der Waals surface area contributed by atoms with Crippen molar-refractivity contribution in [3.63, 3.8) is 0 Å². The molecule has 0 aliphatic carbocycles. The third-order valence-corrected chi connectivity index (χ3v) is 3.97. The number of hydrogen-bond donors (Lipinski definition) is 1. The Morgan fingerprint density at radius 3 is 2.56 bits per heavy atom. The number of rotatable bonds is 3. The molecule has 0 fully saturated rings. The second-order valence-electron chi connectivity index (χ2n) is 4.72. The molecule has 0 aromatic heterocycles. The monoisotopic (exact) mass is 304 g/mol. The van der Waals surface area contributed by atoms with Gasteiger partial charge in [-0.1, -0.05) is 57.9 Å². The fraction of sp³-hybridized carbons (Fsp3) is 0.250. The van der Waals surface area contributed by atoms with Crippen molar-refractivity contribution >= 4 is 15.9 Å². The average molecular weight is 305 g/mol. The number of halogens is 1. The van der Waals surface area contributed by atoms with E-state index < -0.39 is 6.10 Å². The van der Waals surface area contributed by atoms with E-state index in [2.05, 4.69) is 41.1 Å². The highest BCUT2D eigenvalue weighted by molar-refractivity contribution is 9.10. The van der Waals surface area contributed by atoms with Crippen LogP contribution in [-0.4, -0.2) is 5.11 Å². The first kappa shape index (κ1) is 13.3. The Morgan fingerprint density at radius 1 is 1.11 bits per heavy atom. The van der Waals surface area contributed by atoms with E-state index in [0.717, 1.165) is 15.6 Å². The average Bonchev–Trinajstić information content (AvgIpc) is 2.32. The van der Waals surface area contributed by atoms with Crippen molar-refractivity contribution in [2.24, 2.45) is 0 Å². The van der Waals surface area contributed by atoms with E-state index in [4.69, 9.17) is 0 Å². The summed E-state index contributed by atoms with van der Waals surface area (Å²) < 4.78 is 1.08. The van der Waals surface area contributed by atoms with Gasteiger partial charge in [0.05, 0.1) is 6.10 Å². The number of aliphatic hydroxyl groups is 1. The highest BCUT2D eigenvalue weighted by Crippen LogP contribution is 2.23. The summed E-state index contributed by atoms with van der Waals surface area (Å²) >= 11 is 3.47. The first-order valence-corrected chi connectivity index (χ1v) is 6.85. The molecular weight excluding hydrogens is 288 g/mol. The van der Waals surface area contributed by atoms with E-state index in [0.29, 0.717) is 6.42 Å². The van der Waals surface area contributed by atoms with Crippen molar-refractivity contribution in [3.8, 4) is 0 Å². The molecule has 0 amide bonds. The SMILES string of the molecule is Cc1cccc(CC(O)c2ccc(Br)c(C)c2)c1. The first-order valence-electron chi connectivity index (χ1n) is 6.06. The molecule has 1 atom stereocenters. The fourth-order valence-corrected chi connectivity index (χ4v) is 2.30. The first-order chi connectivity index (χ1) is 8.56. The van der Waals surface area contributed by atoms with Gasteiger partial charge >= 0.3 is 0 Å². The van der Waals surface area contributed by atoms with Gasteiger partial charge in [-0.15, -0.1) is 0 Å². The van der Waals surface area contributed by atoms with E-state index in [-0.39, 0.29) is 0 Å². The summed E-state index contributed by atoms with van der Waals surface area (Å²) in [5, 5.41) is 10.3. The molecule has 1 unspecified atom stereocenters. The van der Waals surface area contributed by atoms with E-state index in [1.54, 1.807) is 0 Å². The summed E-state index contributed by atoms with van der Waals surface area (Å²) in [6, 6.07) is 14.3. The molecule has 0 radical (unpaired) electrons. The Balaban J connectivity index is 2.16. The van der Waals surface area contributed by atoms with Gasteiger partial charge in [0.25, 0.3) is 0 Å². The van der Waals surface area contributed by atoms with E-state index in [1.807, 2.05) is 31.2 Å². The van der Waals surface area contributed by atoms with Crippen LogP contribution in [0.3, 0.4) is 0 Å². The maximum absolute atomic E-state index is 10.3. The summed E-state index contributed by atoms with van der Waals surface area (Å²) in [6.07, 6.45) is 0.210. The van der Waals surface area contributed by atoms with Gasteiger partial charge in [-0.05, 0) is 36.6 Å². The van der Waals surface area contributed by atoms with Crippen molar-refractivity contribution in [1.82, 2.24) is 0 Å². The van der Waals surface area contributed by atoms with Crippen LogP contribution in [0, 0.1) is 13.8 Å². The topological polar surface area (TPSA) is 20.2 Å².